The fraction of sp³-hybridized carbons (Fsp3) is 0.364. The van der Waals surface area contributed by atoms with Crippen molar-refractivity contribution in [3.63, 3.8) is 0 Å². The molecule has 0 heterocycles. The van der Waals surface area contributed by atoms with E-state index in [4.69, 9.17) is 16.3 Å². The molecule has 2 amide bonds. The first-order valence-corrected chi connectivity index (χ1v) is 10.5. The Hall–Kier alpha value is -2.05. The van der Waals surface area contributed by atoms with Gasteiger partial charge < -0.3 is 15.0 Å². The summed E-state index contributed by atoms with van der Waals surface area (Å²) in [6, 6.07) is 13.8. The van der Waals surface area contributed by atoms with Crippen molar-refractivity contribution >= 4 is 39.3 Å². The lowest BCUT2D eigenvalue weighted by Gasteiger charge is -2.31. The Bertz CT molecular complexity index is 850. The van der Waals surface area contributed by atoms with Gasteiger partial charge in [-0.3, -0.25) is 9.59 Å². The van der Waals surface area contributed by atoms with Crippen LogP contribution in [0.3, 0.4) is 0 Å². The Balaban J connectivity index is 2.16. The van der Waals surface area contributed by atoms with E-state index in [1.165, 1.54) is 4.90 Å². The largest absolute Gasteiger partial charge is 0.484 e. The van der Waals surface area contributed by atoms with E-state index in [9.17, 15) is 9.59 Å². The number of hydrogen-bond donors (Lipinski definition) is 1. The summed E-state index contributed by atoms with van der Waals surface area (Å²) < 4.78 is 6.55. The van der Waals surface area contributed by atoms with Crippen LogP contribution < -0.4 is 10.1 Å². The fourth-order valence-corrected chi connectivity index (χ4v) is 3.12. The Morgan fingerprint density at radius 1 is 1.17 bits per heavy atom. The van der Waals surface area contributed by atoms with Gasteiger partial charge in [0.15, 0.2) is 6.61 Å². The Morgan fingerprint density at radius 2 is 1.83 bits per heavy atom. The molecular weight excluding hydrogens is 456 g/mol. The zero-order valence-electron chi connectivity index (χ0n) is 17.0. The molecule has 2 rings (SSSR count). The third-order valence-corrected chi connectivity index (χ3v) is 4.85. The van der Waals surface area contributed by atoms with Crippen LogP contribution in [0.1, 0.15) is 33.3 Å². The number of carbonyl (C=O) groups is 2. The maximum atomic E-state index is 13.0. The molecule has 1 atom stereocenters. The zero-order chi connectivity index (χ0) is 21.6. The highest BCUT2D eigenvalue weighted by Gasteiger charge is 2.28. The van der Waals surface area contributed by atoms with Gasteiger partial charge in [-0.2, -0.15) is 0 Å². The highest BCUT2D eigenvalue weighted by atomic mass is 79.9. The third kappa shape index (κ3) is 7.71. The lowest BCUT2D eigenvalue weighted by Crippen LogP contribution is -2.53. The van der Waals surface area contributed by atoms with Crippen LogP contribution in [0.25, 0.3) is 0 Å². The molecule has 0 saturated heterocycles. The quantitative estimate of drug-likeness (QED) is 0.617. The van der Waals surface area contributed by atoms with Crippen LogP contribution in [0.5, 0.6) is 5.75 Å². The van der Waals surface area contributed by atoms with Crippen LogP contribution in [0.15, 0.2) is 53.0 Å². The van der Waals surface area contributed by atoms with Crippen LogP contribution in [0, 0.1) is 0 Å². The summed E-state index contributed by atoms with van der Waals surface area (Å²) in [5, 5.41) is 3.50. The molecule has 0 bridgehead atoms. The zero-order valence-corrected chi connectivity index (χ0v) is 19.4. The lowest BCUT2D eigenvalue weighted by atomic mass is 10.1. The highest BCUT2D eigenvalue weighted by Crippen LogP contribution is 2.18. The lowest BCUT2D eigenvalue weighted by molar-refractivity contribution is -0.142. The van der Waals surface area contributed by atoms with Crippen molar-refractivity contribution in [3.05, 3.63) is 63.6 Å². The van der Waals surface area contributed by atoms with E-state index in [0.29, 0.717) is 10.8 Å². The van der Waals surface area contributed by atoms with Crippen LogP contribution in [-0.2, 0) is 16.1 Å². The molecule has 0 aliphatic carbocycles. The van der Waals surface area contributed by atoms with Crippen molar-refractivity contribution in [1.82, 2.24) is 10.2 Å². The van der Waals surface area contributed by atoms with Crippen molar-refractivity contribution in [3.8, 4) is 5.75 Å². The van der Waals surface area contributed by atoms with E-state index < -0.39 is 11.6 Å². The number of benzene rings is 2. The predicted molar refractivity (Wildman–Crippen MR) is 119 cm³/mol. The molecule has 2 aromatic rings. The van der Waals surface area contributed by atoms with E-state index in [1.807, 2.05) is 45.0 Å². The molecule has 0 fully saturated rings. The normalized spacial score (nSPS) is 12.2. The first-order valence-electron chi connectivity index (χ1n) is 9.29. The molecule has 0 aromatic heterocycles. The van der Waals surface area contributed by atoms with E-state index in [0.717, 1.165) is 10.0 Å². The van der Waals surface area contributed by atoms with Crippen molar-refractivity contribution in [2.75, 3.05) is 6.61 Å². The number of ether oxygens (including phenoxy) is 1. The summed E-state index contributed by atoms with van der Waals surface area (Å²) in [5.41, 5.74) is 0.439. The summed E-state index contributed by atoms with van der Waals surface area (Å²) in [7, 11) is 0. The van der Waals surface area contributed by atoms with Gasteiger partial charge in [0.1, 0.15) is 11.8 Å². The minimum absolute atomic E-state index is 0.171. The van der Waals surface area contributed by atoms with Crippen molar-refractivity contribution in [1.29, 1.82) is 0 Å². The Labute approximate surface area is 185 Å². The first kappa shape index (κ1) is 23.2. The van der Waals surface area contributed by atoms with E-state index in [2.05, 4.69) is 21.2 Å². The second-order valence-corrected chi connectivity index (χ2v) is 9.16. The van der Waals surface area contributed by atoms with E-state index in [-0.39, 0.29) is 25.0 Å². The van der Waals surface area contributed by atoms with Crippen LogP contribution in [0.4, 0.5) is 0 Å². The summed E-state index contributed by atoms with van der Waals surface area (Å²) in [6.07, 6.45) is 0. The number of rotatable bonds is 7. The molecule has 29 heavy (non-hydrogen) atoms. The summed E-state index contributed by atoms with van der Waals surface area (Å²) >= 11 is 9.44. The SMILES string of the molecule is C[C@H](C(=O)NC(C)(C)C)N(Cc1cccc(Cl)c1)C(=O)COc1ccc(Br)cc1. The average molecular weight is 482 g/mol. The third-order valence-electron chi connectivity index (χ3n) is 4.08. The second-order valence-electron chi connectivity index (χ2n) is 7.81. The van der Waals surface area contributed by atoms with Gasteiger partial charge in [-0.15, -0.1) is 0 Å². The number of nitrogens with one attached hydrogen (secondary N) is 1. The molecule has 0 saturated carbocycles. The second kappa shape index (κ2) is 10.1. The smallest absolute Gasteiger partial charge is 0.261 e. The minimum atomic E-state index is -0.672. The molecule has 0 unspecified atom stereocenters. The van der Waals surface area contributed by atoms with Crippen molar-refractivity contribution < 1.29 is 14.3 Å². The molecule has 1 N–H and O–H groups in total. The summed E-state index contributed by atoms with van der Waals surface area (Å²) in [6.45, 7) is 7.49. The van der Waals surface area contributed by atoms with Gasteiger partial charge in [-0.25, -0.2) is 0 Å². The molecule has 0 radical (unpaired) electrons. The maximum Gasteiger partial charge on any atom is 0.261 e. The molecule has 5 nitrogen and oxygen atoms in total. The Morgan fingerprint density at radius 3 is 2.41 bits per heavy atom. The maximum absolute atomic E-state index is 13.0. The number of hydrogen-bond acceptors (Lipinski definition) is 3. The molecule has 2 aromatic carbocycles. The number of carbonyl (C=O) groups excluding carboxylic acids is 2. The molecule has 156 valence electrons. The molecular formula is C22H26BrClN2O3. The molecule has 0 aliphatic rings. The monoisotopic (exact) mass is 480 g/mol. The van der Waals surface area contributed by atoms with Gasteiger partial charge in [0.2, 0.25) is 5.91 Å². The van der Waals surface area contributed by atoms with Gasteiger partial charge >= 0.3 is 0 Å². The van der Waals surface area contributed by atoms with Crippen LogP contribution in [0.2, 0.25) is 5.02 Å². The topological polar surface area (TPSA) is 58.6 Å². The van der Waals surface area contributed by atoms with Crippen LogP contribution >= 0.6 is 27.5 Å². The van der Waals surface area contributed by atoms with E-state index >= 15 is 0 Å². The highest BCUT2D eigenvalue weighted by molar-refractivity contribution is 9.10. The van der Waals surface area contributed by atoms with Crippen molar-refractivity contribution in [2.24, 2.45) is 0 Å². The van der Waals surface area contributed by atoms with Gasteiger partial charge in [0.25, 0.3) is 5.91 Å². The summed E-state index contributed by atoms with van der Waals surface area (Å²) in [5.74, 6) is 0.0667. The predicted octanol–water partition coefficient (Wildman–Crippen LogP) is 4.81. The fourth-order valence-electron chi connectivity index (χ4n) is 2.65. The standard InChI is InChI=1S/C22H26BrClN2O3/c1-15(21(28)25-22(2,3)4)26(13-16-6-5-7-18(24)12-16)20(27)14-29-19-10-8-17(23)9-11-19/h5-12,15H,13-14H2,1-4H3,(H,25,28)/t15-/m1/s1. The average Bonchev–Trinajstić information content (AvgIpc) is 2.63. The van der Waals surface area contributed by atoms with Gasteiger partial charge in [-0.1, -0.05) is 39.7 Å². The molecule has 0 aliphatic heterocycles. The first-order chi connectivity index (χ1) is 13.5. The van der Waals surface area contributed by atoms with Gasteiger partial charge in [0.05, 0.1) is 0 Å². The van der Waals surface area contributed by atoms with Gasteiger partial charge in [0, 0.05) is 21.6 Å². The summed E-state index contributed by atoms with van der Waals surface area (Å²) in [4.78, 5) is 27.2. The minimum Gasteiger partial charge on any atom is -0.484 e. The number of amides is 2. The number of halogens is 2. The molecule has 0 spiro atoms. The Kier molecular flexibility index (Phi) is 8.11. The molecule has 7 heteroatoms. The van der Waals surface area contributed by atoms with Gasteiger partial charge in [-0.05, 0) is 69.7 Å². The van der Waals surface area contributed by atoms with Crippen LogP contribution in [-0.4, -0.2) is 34.9 Å². The number of nitrogens with zero attached hydrogens (tertiary/aromatic N) is 1. The van der Waals surface area contributed by atoms with Crippen molar-refractivity contribution in [2.45, 2.75) is 45.8 Å². The van der Waals surface area contributed by atoms with E-state index in [1.54, 1.807) is 31.2 Å².